The summed E-state index contributed by atoms with van der Waals surface area (Å²) in [4.78, 5) is 32.8. The van der Waals surface area contributed by atoms with E-state index in [2.05, 4.69) is 23.1 Å². The average Bonchev–Trinajstić information content (AvgIpc) is 3.37. The van der Waals surface area contributed by atoms with E-state index < -0.39 is 5.92 Å². The Morgan fingerprint density at radius 2 is 1.56 bits per heavy atom. The highest BCUT2D eigenvalue weighted by atomic mass is 16.2. The van der Waals surface area contributed by atoms with Crippen LogP contribution in [0.4, 0.5) is 0 Å². The molecule has 0 saturated carbocycles. The Hall–Kier alpha value is -3.28. The first-order chi connectivity index (χ1) is 12.2. The van der Waals surface area contributed by atoms with Crippen LogP contribution in [0.25, 0.3) is 0 Å². The number of aromatic nitrogens is 4. The summed E-state index contributed by atoms with van der Waals surface area (Å²) in [6.45, 7) is 6.00. The molecule has 6 nitrogen and oxygen atoms in total. The average molecular weight is 336 g/mol. The standard InChI is InChI=1S/C17H16N4O2.C2H4/c22-16(20-8-6-18-12-20)11-15(10-14-4-2-1-3-5-14)17(23)21-9-7-19-13-21;1-2/h1-9,12-13,15H,10-11H2;1-2H2/t15-;/m0./s1. The molecule has 1 atom stereocenters. The molecule has 0 spiro atoms. The van der Waals surface area contributed by atoms with Crippen molar-refractivity contribution >= 4 is 11.8 Å². The molecule has 0 amide bonds. The van der Waals surface area contributed by atoms with E-state index in [-0.39, 0.29) is 18.2 Å². The molecule has 0 aliphatic carbocycles. The van der Waals surface area contributed by atoms with Gasteiger partial charge >= 0.3 is 0 Å². The fourth-order valence-electron chi connectivity index (χ4n) is 2.47. The molecule has 0 fully saturated rings. The van der Waals surface area contributed by atoms with Crippen molar-refractivity contribution in [2.45, 2.75) is 12.8 Å². The first kappa shape index (κ1) is 18.1. The van der Waals surface area contributed by atoms with Gasteiger partial charge < -0.3 is 0 Å². The maximum absolute atomic E-state index is 12.7. The second-order valence-electron chi connectivity index (χ2n) is 5.26. The van der Waals surface area contributed by atoms with Gasteiger partial charge in [0.05, 0.1) is 5.92 Å². The quantitative estimate of drug-likeness (QED) is 0.671. The van der Waals surface area contributed by atoms with Gasteiger partial charge in [-0.05, 0) is 12.0 Å². The van der Waals surface area contributed by atoms with Crippen LogP contribution in [-0.4, -0.2) is 30.9 Å². The number of hydrogen-bond acceptors (Lipinski definition) is 4. The molecule has 1 aromatic carbocycles. The fourth-order valence-corrected chi connectivity index (χ4v) is 2.47. The van der Waals surface area contributed by atoms with Crippen LogP contribution in [0.15, 0.2) is 80.9 Å². The van der Waals surface area contributed by atoms with Gasteiger partial charge in [0.15, 0.2) is 0 Å². The van der Waals surface area contributed by atoms with Gasteiger partial charge in [-0.25, -0.2) is 9.97 Å². The first-order valence-electron chi connectivity index (χ1n) is 7.81. The fraction of sp³-hybridized carbons (Fsp3) is 0.158. The summed E-state index contributed by atoms with van der Waals surface area (Å²) in [6.07, 6.45) is 9.80. The van der Waals surface area contributed by atoms with Crippen molar-refractivity contribution in [1.82, 2.24) is 19.1 Å². The zero-order chi connectivity index (χ0) is 18.1. The van der Waals surface area contributed by atoms with Crippen molar-refractivity contribution < 1.29 is 9.59 Å². The van der Waals surface area contributed by atoms with Gasteiger partial charge in [0.25, 0.3) is 0 Å². The molecule has 3 aromatic rings. The van der Waals surface area contributed by atoms with Crippen LogP contribution in [0.2, 0.25) is 0 Å². The van der Waals surface area contributed by atoms with Crippen LogP contribution in [0.3, 0.4) is 0 Å². The van der Waals surface area contributed by atoms with Crippen molar-refractivity contribution in [2.24, 2.45) is 5.92 Å². The lowest BCUT2D eigenvalue weighted by Crippen LogP contribution is -2.27. The number of imidazole rings is 2. The van der Waals surface area contributed by atoms with Gasteiger partial charge in [-0.2, -0.15) is 0 Å². The van der Waals surface area contributed by atoms with Crippen LogP contribution >= 0.6 is 0 Å². The minimum atomic E-state index is -0.457. The Bertz CT molecular complexity index is 780. The third kappa shape index (κ3) is 4.84. The van der Waals surface area contributed by atoms with Crippen molar-refractivity contribution in [3.8, 4) is 0 Å². The molecular formula is C19H20N4O2. The van der Waals surface area contributed by atoms with E-state index in [0.29, 0.717) is 6.42 Å². The number of rotatable bonds is 5. The molecule has 0 radical (unpaired) electrons. The molecule has 6 heteroatoms. The first-order valence-corrected chi connectivity index (χ1v) is 7.81. The minimum absolute atomic E-state index is 0.113. The SMILES string of the molecule is C=C.O=C(C[C@H](Cc1ccccc1)C(=O)n1ccnc1)n1ccnc1. The van der Waals surface area contributed by atoms with Crippen LogP contribution < -0.4 is 0 Å². The van der Waals surface area contributed by atoms with Crippen LogP contribution in [0.1, 0.15) is 21.6 Å². The Morgan fingerprint density at radius 3 is 2.12 bits per heavy atom. The Balaban J connectivity index is 0.00000109. The molecule has 0 N–H and O–H groups in total. The van der Waals surface area contributed by atoms with E-state index in [1.807, 2.05) is 30.3 Å². The summed E-state index contributed by atoms with van der Waals surface area (Å²) >= 11 is 0. The van der Waals surface area contributed by atoms with E-state index in [0.717, 1.165) is 5.56 Å². The molecule has 25 heavy (non-hydrogen) atoms. The normalized spacial score (nSPS) is 11.2. The Kier molecular flexibility index (Phi) is 6.59. The van der Waals surface area contributed by atoms with Gasteiger partial charge in [0, 0.05) is 31.2 Å². The van der Waals surface area contributed by atoms with Crippen LogP contribution in [0.5, 0.6) is 0 Å². The van der Waals surface area contributed by atoms with Crippen LogP contribution in [0, 0.1) is 5.92 Å². The lowest BCUT2D eigenvalue weighted by atomic mass is 9.94. The largest absolute Gasteiger partial charge is 0.276 e. The number of benzene rings is 1. The van der Waals surface area contributed by atoms with E-state index in [9.17, 15) is 9.59 Å². The summed E-state index contributed by atoms with van der Waals surface area (Å²) in [5.41, 5.74) is 1.02. The summed E-state index contributed by atoms with van der Waals surface area (Å²) in [5.74, 6) is -0.752. The molecule has 0 saturated heterocycles. The zero-order valence-corrected chi connectivity index (χ0v) is 13.9. The van der Waals surface area contributed by atoms with E-state index in [1.165, 1.54) is 21.8 Å². The molecular weight excluding hydrogens is 316 g/mol. The molecule has 0 unspecified atom stereocenters. The Labute approximate surface area is 146 Å². The molecule has 0 aliphatic heterocycles. The Morgan fingerprint density at radius 1 is 0.960 bits per heavy atom. The second-order valence-corrected chi connectivity index (χ2v) is 5.26. The smallest absolute Gasteiger partial charge is 0.235 e. The van der Waals surface area contributed by atoms with Crippen molar-refractivity contribution in [3.05, 3.63) is 86.5 Å². The maximum Gasteiger partial charge on any atom is 0.235 e. The summed E-state index contributed by atoms with van der Waals surface area (Å²) < 4.78 is 2.83. The molecule has 2 heterocycles. The highest BCUT2D eigenvalue weighted by Gasteiger charge is 2.24. The molecule has 128 valence electrons. The van der Waals surface area contributed by atoms with E-state index >= 15 is 0 Å². The molecule has 0 aliphatic rings. The second kappa shape index (κ2) is 9.12. The van der Waals surface area contributed by atoms with Gasteiger partial charge in [-0.1, -0.05) is 30.3 Å². The summed E-state index contributed by atoms with van der Waals surface area (Å²) in [7, 11) is 0. The maximum atomic E-state index is 12.7. The highest BCUT2D eigenvalue weighted by Crippen LogP contribution is 2.16. The van der Waals surface area contributed by atoms with Gasteiger partial charge in [0.2, 0.25) is 11.8 Å². The lowest BCUT2D eigenvalue weighted by molar-refractivity contribution is 0.0758. The molecule has 2 aromatic heterocycles. The van der Waals surface area contributed by atoms with Gasteiger partial charge in [-0.15, -0.1) is 13.2 Å². The van der Waals surface area contributed by atoms with Crippen molar-refractivity contribution in [1.29, 1.82) is 0 Å². The highest BCUT2D eigenvalue weighted by molar-refractivity contribution is 5.88. The number of nitrogens with zero attached hydrogens (tertiary/aromatic N) is 4. The number of hydrogen-bond donors (Lipinski definition) is 0. The van der Waals surface area contributed by atoms with Gasteiger partial charge in [0.1, 0.15) is 12.7 Å². The van der Waals surface area contributed by atoms with E-state index in [1.54, 1.807) is 24.8 Å². The zero-order valence-electron chi connectivity index (χ0n) is 13.9. The monoisotopic (exact) mass is 336 g/mol. The number of carbonyl (C=O) groups excluding carboxylic acids is 2. The predicted octanol–water partition coefficient (Wildman–Crippen LogP) is 3.11. The lowest BCUT2D eigenvalue weighted by Gasteiger charge is -2.15. The van der Waals surface area contributed by atoms with Crippen LogP contribution in [-0.2, 0) is 6.42 Å². The van der Waals surface area contributed by atoms with Crippen molar-refractivity contribution in [2.75, 3.05) is 0 Å². The topological polar surface area (TPSA) is 69.8 Å². The predicted molar refractivity (Wildman–Crippen MR) is 95.2 cm³/mol. The van der Waals surface area contributed by atoms with Crippen molar-refractivity contribution in [3.63, 3.8) is 0 Å². The number of carbonyl (C=O) groups is 2. The summed E-state index contributed by atoms with van der Waals surface area (Å²) in [6, 6.07) is 9.68. The third-order valence-corrected chi connectivity index (χ3v) is 3.65. The van der Waals surface area contributed by atoms with Gasteiger partial charge in [-0.3, -0.25) is 18.7 Å². The minimum Gasteiger partial charge on any atom is -0.276 e. The third-order valence-electron chi connectivity index (χ3n) is 3.65. The summed E-state index contributed by atoms with van der Waals surface area (Å²) in [5, 5.41) is 0. The van der Waals surface area contributed by atoms with E-state index in [4.69, 9.17) is 0 Å². The molecule has 0 bridgehead atoms. The molecule has 3 rings (SSSR count).